The van der Waals surface area contributed by atoms with Crippen LogP contribution in [0.4, 0.5) is 5.69 Å². The maximum atomic E-state index is 10.8. The van der Waals surface area contributed by atoms with E-state index in [1.165, 1.54) is 6.07 Å². The fraction of sp³-hybridized carbons (Fsp3) is 0.462. The van der Waals surface area contributed by atoms with Crippen LogP contribution in [0.15, 0.2) is 22.7 Å². The number of hydrogen-bond acceptors (Lipinski definition) is 5. The highest BCUT2D eigenvalue weighted by Crippen LogP contribution is 2.33. The molecule has 1 aromatic rings. The third-order valence-corrected chi connectivity index (χ3v) is 3.77. The Hall–Kier alpha value is -1.65. The van der Waals surface area contributed by atoms with Gasteiger partial charge in [-0.25, -0.2) is 0 Å². The van der Waals surface area contributed by atoms with E-state index in [2.05, 4.69) is 27.3 Å². The van der Waals surface area contributed by atoms with Crippen LogP contribution >= 0.6 is 15.9 Å². The van der Waals surface area contributed by atoms with Gasteiger partial charge in [0.05, 0.1) is 23.6 Å². The molecule has 0 saturated heterocycles. The fourth-order valence-electron chi connectivity index (χ4n) is 1.76. The van der Waals surface area contributed by atoms with Crippen molar-refractivity contribution in [3.63, 3.8) is 0 Å². The Kier molecular flexibility index (Phi) is 4.93. The van der Waals surface area contributed by atoms with E-state index in [1.807, 2.05) is 0 Å². The predicted molar refractivity (Wildman–Crippen MR) is 76.5 cm³/mol. The predicted octanol–water partition coefficient (Wildman–Crippen LogP) is 2.77. The molecule has 7 heteroatoms. The molecule has 0 bridgehead atoms. The van der Waals surface area contributed by atoms with Crippen molar-refractivity contribution < 1.29 is 9.66 Å². The average Bonchev–Trinajstić information content (AvgIpc) is 3.23. The molecule has 6 nitrogen and oxygen atoms in total. The van der Waals surface area contributed by atoms with Crippen LogP contribution in [0.3, 0.4) is 0 Å². The van der Waals surface area contributed by atoms with Crippen molar-refractivity contribution >= 4 is 21.6 Å². The number of benzene rings is 1. The zero-order valence-corrected chi connectivity index (χ0v) is 12.3. The molecule has 0 aromatic heterocycles. The summed E-state index contributed by atoms with van der Waals surface area (Å²) in [7, 11) is 0. The summed E-state index contributed by atoms with van der Waals surface area (Å²) >= 11 is 3.17. The molecule has 1 saturated carbocycles. The van der Waals surface area contributed by atoms with E-state index in [0.29, 0.717) is 29.3 Å². The van der Waals surface area contributed by atoms with E-state index in [4.69, 9.17) is 10.00 Å². The van der Waals surface area contributed by atoms with Crippen molar-refractivity contribution in [1.82, 2.24) is 5.32 Å². The van der Waals surface area contributed by atoms with Crippen molar-refractivity contribution in [3.8, 4) is 11.8 Å². The molecule has 0 spiro atoms. The summed E-state index contributed by atoms with van der Waals surface area (Å²) in [6, 6.07) is 7.06. The molecule has 20 heavy (non-hydrogen) atoms. The monoisotopic (exact) mass is 339 g/mol. The van der Waals surface area contributed by atoms with Gasteiger partial charge in [-0.3, -0.25) is 15.4 Å². The third kappa shape index (κ3) is 3.92. The van der Waals surface area contributed by atoms with E-state index >= 15 is 0 Å². The van der Waals surface area contributed by atoms with Crippen molar-refractivity contribution in [3.05, 3.63) is 32.8 Å². The zero-order chi connectivity index (χ0) is 14.5. The number of nitro groups is 1. The Balaban J connectivity index is 1.88. The van der Waals surface area contributed by atoms with Crippen LogP contribution < -0.4 is 10.1 Å². The van der Waals surface area contributed by atoms with Crippen molar-refractivity contribution in [2.24, 2.45) is 0 Å². The Labute approximate surface area is 125 Å². The molecule has 0 aliphatic heterocycles. The van der Waals surface area contributed by atoms with Gasteiger partial charge in [-0.2, -0.15) is 5.26 Å². The number of ether oxygens (including phenoxy) is 1. The lowest BCUT2D eigenvalue weighted by atomic mass is 10.2. The second kappa shape index (κ2) is 6.68. The molecule has 1 aliphatic rings. The Bertz CT molecular complexity index is 540. The quantitative estimate of drug-likeness (QED) is 0.609. The minimum atomic E-state index is -0.469. The van der Waals surface area contributed by atoms with Gasteiger partial charge < -0.3 is 4.74 Å². The van der Waals surface area contributed by atoms with Crippen molar-refractivity contribution in [1.29, 1.82) is 5.26 Å². The first kappa shape index (κ1) is 14.8. The lowest BCUT2D eigenvalue weighted by molar-refractivity contribution is -0.385. The summed E-state index contributed by atoms with van der Waals surface area (Å²) < 4.78 is 5.85. The third-order valence-electron chi connectivity index (χ3n) is 2.97. The van der Waals surface area contributed by atoms with Gasteiger partial charge in [0, 0.05) is 18.5 Å². The molecule has 0 radical (unpaired) electrons. The number of nitro benzene ring substituents is 1. The molecular formula is C13H14BrN3O3. The molecule has 1 atom stereocenters. The topological polar surface area (TPSA) is 88.2 Å². The summed E-state index contributed by atoms with van der Waals surface area (Å²) in [5.41, 5.74) is -0.0320. The van der Waals surface area contributed by atoms with Crippen LogP contribution in [0, 0.1) is 21.4 Å². The van der Waals surface area contributed by atoms with Gasteiger partial charge in [0.25, 0.3) is 5.69 Å². The molecule has 1 aromatic carbocycles. The smallest absolute Gasteiger partial charge is 0.287 e. The van der Waals surface area contributed by atoms with Gasteiger partial charge in [-0.1, -0.05) is 6.07 Å². The Morgan fingerprint density at radius 1 is 1.60 bits per heavy atom. The van der Waals surface area contributed by atoms with E-state index in [0.717, 1.165) is 12.8 Å². The molecule has 106 valence electrons. The number of nitrogens with one attached hydrogen (secondary N) is 1. The van der Waals surface area contributed by atoms with Gasteiger partial charge in [0.1, 0.15) is 10.2 Å². The normalized spacial score (nSPS) is 15.4. The van der Waals surface area contributed by atoms with Crippen LogP contribution in [0.2, 0.25) is 0 Å². The second-order valence-electron chi connectivity index (χ2n) is 4.61. The number of nitrogens with zero attached hydrogens (tertiary/aromatic N) is 2. The lowest BCUT2D eigenvalue weighted by Crippen LogP contribution is -2.31. The second-order valence-corrected chi connectivity index (χ2v) is 5.40. The maximum absolute atomic E-state index is 10.8. The SMILES string of the molecule is N#CC(CCOc1cccc([N+](=O)[O-])c1Br)NC1CC1. The van der Waals surface area contributed by atoms with E-state index in [9.17, 15) is 10.1 Å². The van der Waals surface area contributed by atoms with Gasteiger partial charge in [-0.15, -0.1) is 0 Å². The summed E-state index contributed by atoms with van der Waals surface area (Å²) in [4.78, 5) is 10.3. The minimum Gasteiger partial charge on any atom is -0.492 e. The zero-order valence-electron chi connectivity index (χ0n) is 10.7. The molecule has 0 amide bonds. The van der Waals surface area contributed by atoms with Crippen molar-refractivity contribution in [2.75, 3.05) is 6.61 Å². The van der Waals surface area contributed by atoms with Gasteiger partial charge >= 0.3 is 0 Å². The van der Waals surface area contributed by atoms with E-state index in [1.54, 1.807) is 12.1 Å². The Morgan fingerprint density at radius 2 is 2.35 bits per heavy atom. The maximum Gasteiger partial charge on any atom is 0.287 e. The van der Waals surface area contributed by atoms with E-state index in [-0.39, 0.29) is 11.7 Å². The summed E-state index contributed by atoms with van der Waals surface area (Å²) in [5.74, 6) is 0.419. The van der Waals surface area contributed by atoms with Crippen LogP contribution in [-0.2, 0) is 0 Å². The molecule has 1 N–H and O–H groups in total. The van der Waals surface area contributed by atoms with Crippen molar-refractivity contribution in [2.45, 2.75) is 31.3 Å². The minimum absolute atomic E-state index is 0.0320. The largest absolute Gasteiger partial charge is 0.492 e. The standard InChI is InChI=1S/C13H14BrN3O3/c14-13-11(17(18)19)2-1-3-12(13)20-7-6-10(8-15)16-9-4-5-9/h1-3,9-10,16H,4-7H2. The Morgan fingerprint density at radius 3 is 2.95 bits per heavy atom. The van der Waals surface area contributed by atoms with Gasteiger partial charge in [0.2, 0.25) is 0 Å². The van der Waals surface area contributed by atoms with Crippen LogP contribution in [0.5, 0.6) is 5.75 Å². The molecule has 1 aliphatic carbocycles. The fourth-order valence-corrected chi connectivity index (χ4v) is 2.28. The molecule has 1 unspecified atom stereocenters. The summed E-state index contributed by atoms with van der Waals surface area (Å²) in [6.45, 7) is 0.331. The first-order valence-corrected chi connectivity index (χ1v) is 7.12. The highest BCUT2D eigenvalue weighted by molar-refractivity contribution is 9.10. The average molecular weight is 340 g/mol. The molecular weight excluding hydrogens is 326 g/mol. The van der Waals surface area contributed by atoms with Gasteiger partial charge in [-0.05, 0) is 34.8 Å². The highest BCUT2D eigenvalue weighted by Gasteiger charge is 2.24. The summed E-state index contributed by atoms with van der Waals surface area (Å²) in [6.07, 6.45) is 2.78. The lowest BCUT2D eigenvalue weighted by Gasteiger charge is -2.12. The number of halogens is 1. The van der Waals surface area contributed by atoms with Gasteiger partial charge in [0.15, 0.2) is 0 Å². The van der Waals surface area contributed by atoms with Crippen LogP contribution in [-0.4, -0.2) is 23.6 Å². The molecule has 0 heterocycles. The molecule has 1 fully saturated rings. The van der Waals surface area contributed by atoms with E-state index < -0.39 is 4.92 Å². The summed E-state index contributed by atoms with van der Waals surface area (Å²) in [5, 5.41) is 23.0. The van der Waals surface area contributed by atoms with Crippen LogP contribution in [0.1, 0.15) is 19.3 Å². The molecule has 2 rings (SSSR count). The first-order chi connectivity index (χ1) is 9.61. The highest BCUT2D eigenvalue weighted by atomic mass is 79.9. The first-order valence-electron chi connectivity index (χ1n) is 6.33. The van der Waals surface area contributed by atoms with Crippen LogP contribution in [0.25, 0.3) is 0 Å². The number of nitriles is 1. The number of rotatable bonds is 7. The number of hydrogen-bond donors (Lipinski definition) is 1.